The van der Waals surface area contributed by atoms with Gasteiger partial charge in [-0.15, -0.1) is 0 Å². The van der Waals surface area contributed by atoms with Gasteiger partial charge >= 0.3 is 0 Å². The highest BCUT2D eigenvalue weighted by Crippen LogP contribution is 2.64. The Bertz CT molecular complexity index is 553. The lowest BCUT2D eigenvalue weighted by Gasteiger charge is -2.42. The van der Waals surface area contributed by atoms with Crippen LogP contribution in [0.15, 0.2) is 24.3 Å². The average Bonchev–Trinajstić information content (AvgIpc) is 3.26. The van der Waals surface area contributed by atoms with E-state index in [1.807, 2.05) is 0 Å². The van der Waals surface area contributed by atoms with Crippen molar-refractivity contribution in [2.75, 3.05) is 0 Å². The molecule has 2 heteroatoms. The SMILES string of the molecule is CCC(I)c1ccc(OC2(CC)CC3CC2C2CCCC32)cc1. The van der Waals surface area contributed by atoms with Crippen LogP contribution in [-0.4, -0.2) is 5.60 Å². The van der Waals surface area contributed by atoms with Crippen LogP contribution in [-0.2, 0) is 0 Å². The summed E-state index contributed by atoms with van der Waals surface area (Å²) in [5.41, 5.74) is 1.56. The van der Waals surface area contributed by atoms with Crippen molar-refractivity contribution in [3.05, 3.63) is 29.8 Å². The number of halogens is 1. The second-order valence-electron chi connectivity index (χ2n) is 8.03. The number of alkyl halides is 1. The van der Waals surface area contributed by atoms with Crippen LogP contribution in [0.4, 0.5) is 0 Å². The van der Waals surface area contributed by atoms with E-state index >= 15 is 0 Å². The third-order valence-corrected chi connectivity index (χ3v) is 8.71. The van der Waals surface area contributed by atoms with E-state index in [4.69, 9.17) is 4.74 Å². The lowest BCUT2D eigenvalue weighted by molar-refractivity contribution is -0.0257. The Morgan fingerprint density at radius 2 is 1.91 bits per heavy atom. The molecule has 3 aliphatic rings. The molecule has 3 fully saturated rings. The fourth-order valence-corrected chi connectivity index (χ4v) is 6.44. The smallest absolute Gasteiger partial charge is 0.120 e. The van der Waals surface area contributed by atoms with Crippen molar-refractivity contribution < 1.29 is 4.74 Å². The Morgan fingerprint density at radius 1 is 1.17 bits per heavy atom. The molecule has 0 spiro atoms. The van der Waals surface area contributed by atoms with Gasteiger partial charge in [0.15, 0.2) is 0 Å². The summed E-state index contributed by atoms with van der Waals surface area (Å²) in [4.78, 5) is 0. The number of ether oxygens (including phenoxy) is 1. The van der Waals surface area contributed by atoms with Crippen LogP contribution in [0.25, 0.3) is 0 Å². The van der Waals surface area contributed by atoms with Crippen LogP contribution in [0.5, 0.6) is 5.75 Å². The molecule has 0 heterocycles. The molecule has 23 heavy (non-hydrogen) atoms. The lowest BCUT2D eigenvalue weighted by Crippen LogP contribution is -2.45. The summed E-state index contributed by atoms with van der Waals surface area (Å²) in [7, 11) is 0. The summed E-state index contributed by atoms with van der Waals surface area (Å²) in [5, 5.41) is 0. The largest absolute Gasteiger partial charge is 0.487 e. The second kappa shape index (κ2) is 6.24. The minimum atomic E-state index is 0.131. The van der Waals surface area contributed by atoms with E-state index in [9.17, 15) is 0 Å². The average molecular weight is 424 g/mol. The number of hydrogen-bond acceptors (Lipinski definition) is 1. The molecule has 0 N–H and O–H groups in total. The summed E-state index contributed by atoms with van der Waals surface area (Å²) >= 11 is 2.53. The molecule has 1 aromatic rings. The maximum Gasteiger partial charge on any atom is 0.120 e. The summed E-state index contributed by atoms with van der Waals surface area (Å²) < 4.78 is 7.33. The van der Waals surface area contributed by atoms with Crippen molar-refractivity contribution >= 4 is 22.6 Å². The molecule has 2 bridgehead atoms. The molecular formula is C21H29IO. The van der Waals surface area contributed by atoms with Crippen LogP contribution in [0, 0.1) is 23.7 Å². The minimum absolute atomic E-state index is 0.131. The maximum absolute atomic E-state index is 6.72. The summed E-state index contributed by atoms with van der Waals surface area (Å²) in [6, 6.07) is 8.97. The summed E-state index contributed by atoms with van der Waals surface area (Å²) in [6.45, 7) is 4.60. The van der Waals surface area contributed by atoms with E-state index < -0.39 is 0 Å². The fraction of sp³-hybridized carbons (Fsp3) is 0.714. The summed E-state index contributed by atoms with van der Waals surface area (Å²) in [6.07, 6.45) is 9.52. The zero-order chi connectivity index (χ0) is 16.0. The van der Waals surface area contributed by atoms with Crippen molar-refractivity contribution in [1.29, 1.82) is 0 Å². The first-order valence-corrected chi connectivity index (χ1v) is 10.8. The van der Waals surface area contributed by atoms with E-state index in [1.54, 1.807) is 0 Å². The van der Waals surface area contributed by atoms with E-state index in [1.165, 1.54) is 50.5 Å². The Labute approximate surface area is 154 Å². The van der Waals surface area contributed by atoms with Crippen LogP contribution in [0.2, 0.25) is 0 Å². The van der Waals surface area contributed by atoms with Gasteiger partial charge < -0.3 is 4.74 Å². The Kier molecular flexibility index (Phi) is 4.40. The molecule has 3 saturated carbocycles. The number of fused-ring (bicyclic) bond motifs is 5. The Morgan fingerprint density at radius 3 is 2.61 bits per heavy atom. The van der Waals surface area contributed by atoms with E-state index in [0.717, 1.165) is 29.4 Å². The van der Waals surface area contributed by atoms with Gasteiger partial charge in [-0.3, -0.25) is 0 Å². The quantitative estimate of drug-likeness (QED) is 0.384. The van der Waals surface area contributed by atoms with Crippen LogP contribution >= 0.6 is 22.6 Å². The van der Waals surface area contributed by atoms with Gasteiger partial charge in [0.25, 0.3) is 0 Å². The molecule has 0 aliphatic heterocycles. The highest BCUT2D eigenvalue weighted by molar-refractivity contribution is 14.1. The molecule has 1 aromatic carbocycles. The molecule has 6 unspecified atom stereocenters. The Hall–Kier alpha value is -0.250. The first-order valence-electron chi connectivity index (χ1n) is 9.60. The van der Waals surface area contributed by atoms with Gasteiger partial charge in [0.2, 0.25) is 0 Å². The van der Waals surface area contributed by atoms with E-state index in [-0.39, 0.29) is 5.60 Å². The fourth-order valence-electron chi connectivity index (χ4n) is 6.02. The molecule has 4 rings (SSSR count). The first-order chi connectivity index (χ1) is 11.2. The molecule has 6 atom stereocenters. The molecule has 0 saturated heterocycles. The number of benzene rings is 1. The topological polar surface area (TPSA) is 9.23 Å². The molecule has 0 radical (unpaired) electrons. The molecule has 3 aliphatic carbocycles. The maximum atomic E-state index is 6.72. The predicted octanol–water partition coefficient (Wildman–Crippen LogP) is 6.56. The lowest BCUT2D eigenvalue weighted by atomic mass is 9.71. The van der Waals surface area contributed by atoms with Gasteiger partial charge in [-0.05, 0) is 74.0 Å². The van der Waals surface area contributed by atoms with Crippen molar-refractivity contribution in [3.8, 4) is 5.75 Å². The van der Waals surface area contributed by atoms with Crippen LogP contribution in [0.1, 0.15) is 68.3 Å². The highest BCUT2D eigenvalue weighted by Gasteiger charge is 2.61. The monoisotopic (exact) mass is 424 g/mol. The minimum Gasteiger partial charge on any atom is -0.487 e. The summed E-state index contributed by atoms with van der Waals surface area (Å²) in [5.74, 6) is 4.86. The number of hydrogen-bond donors (Lipinski definition) is 0. The van der Waals surface area contributed by atoms with Gasteiger partial charge in [-0.1, -0.05) is 55.0 Å². The molecule has 0 aromatic heterocycles. The van der Waals surface area contributed by atoms with Crippen LogP contribution < -0.4 is 4.74 Å². The third kappa shape index (κ3) is 2.63. The van der Waals surface area contributed by atoms with Crippen molar-refractivity contribution in [2.45, 2.75) is 68.3 Å². The van der Waals surface area contributed by atoms with Gasteiger partial charge in [-0.25, -0.2) is 0 Å². The molecule has 0 amide bonds. The predicted molar refractivity (Wildman–Crippen MR) is 104 cm³/mol. The number of rotatable bonds is 5. The molecule has 126 valence electrons. The zero-order valence-corrected chi connectivity index (χ0v) is 16.6. The van der Waals surface area contributed by atoms with Crippen molar-refractivity contribution in [2.24, 2.45) is 23.7 Å². The first kappa shape index (κ1) is 16.2. The van der Waals surface area contributed by atoms with Gasteiger partial charge in [0.1, 0.15) is 11.4 Å². The highest BCUT2D eigenvalue weighted by atomic mass is 127. The van der Waals surface area contributed by atoms with E-state index in [2.05, 4.69) is 60.7 Å². The zero-order valence-electron chi connectivity index (χ0n) is 14.4. The van der Waals surface area contributed by atoms with E-state index in [0.29, 0.717) is 3.92 Å². The standard InChI is InChI=1S/C21H29IO/c1-3-20(22)14-8-10-16(11-9-14)23-21(4-2)13-15-12-19(21)18-7-5-6-17(15)18/h8-11,15,17-20H,3-7,12-13H2,1-2H3. The van der Waals surface area contributed by atoms with Gasteiger partial charge in [0, 0.05) is 9.84 Å². The van der Waals surface area contributed by atoms with Crippen LogP contribution in [0.3, 0.4) is 0 Å². The van der Waals surface area contributed by atoms with Crippen molar-refractivity contribution in [1.82, 2.24) is 0 Å². The molecule has 1 nitrogen and oxygen atoms in total. The third-order valence-electron chi connectivity index (χ3n) is 7.11. The van der Waals surface area contributed by atoms with Crippen molar-refractivity contribution in [3.63, 3.8) is 0 Å². The van der Waals surface area contributed by atoms with Gasteiger partial charge in [0.05, 0.1) is 0 Å². The second-order valence-corrected chi connectivity index (χ2v) is 9.53. The Balaban J connectivity index is 1.53. The van der Waals surface area contributed by atoms with Gasteiger partial charge in [-0.2, -0.15) is 0 Å². The molecular weight excluding hydrogens is 395 g/mol. The normalized spacial score (nSPS) is 39.4.